The number of nitrogens with zero attached hydrogens (tertiary/aromatic N) is 1. The molecule has 1 heterocycles. The van der Waals surface area contributed by atoms with Crippen LogP contribution in [-0.2, 0) is 4.79 Å². The summed E-state index contributed by atoms with van der Waals surface area (Å²) in [4.78, 5) is 12.8. The van der Waals surface area contributed by atoms with Gasteiger partial charge in [-0.25, -0.2) is 0 Å². The van der Waals surface area contributed by atoms with Gasteiger partial charge in [0, 0.05) is 18.5 Å². The Labute approximate surface area is 71.3 Å². The Morgan fingerprint density at radius 2 is 2.33 bits per heavy atom. The predicted molar refractivity (Wildman–Crippen MR) is 43.3 cm³/mol. The molecule has 1 atom stereocenters. The molecule has 0 bridgehead atoms. The lowest BCUT2D eigenvalue weighted by molar-refractivity contribution is -0.143. The average Bonchev–Trinajstić information content (AvgIpc) is 2.85. The molecular formula is C8H14N2O2. The van der Waals surface area contributed by atoms with Gasteiger partial charge in [0.1, 0.15) is 6.04 Å². The highest BCUT2D eigenvalue weighted by Gasteiger charge is 2.47. The molecule has 3 N–H and O–H groups in total. The fraction of sp³-hybridized carbons (Fsp3) is 0.875. The van der Waals surface area contributed by atoms with Gasteiger partial charge >= 0.3 is 0 Å². The largest absolute Gasteiger partial charge is 0.396 e. The van der Waals surface area contributed by atoms with Crippen LogP contribution in [0, 0.1) is 5.41 Å². The highest BCUT2D eigenvalue weighted by Crippen LogP contribution is 2.46. The monoisotopic (exact) mass is 170 g/mol. The third-order valence-corrected chi connectivity index (χ3v) is 2.86. The summed E-state index contributed by atoms with van der Waals surface area (Å²) >= 11 is 0. The summed E-state index contributed by atoms with van der Waals surface area (Å²) in [5.74, 6) is 0.0368. The van der Waals surface area contributed by atoms with Crippen molar-refractivity contribution >= 4 is 5.91 Å². The Morgan fingerprint density at radius 3 is 2.67 bits per heavy atom. The summed E-state index contributed by atoms with van der Waals surface area (Å²) in [5.41, 5.74) is 5.48. The van der Waals surface area contributed by atoms with Crippen LogP contribution in [0.1, 0.15) is 12.8 Å². The van der Waals surface area contributed by atoms with Gasteiger partial charge in [-0.05, 0) is 12.8 Å². The van der Waals surface area contributed by atoms with Crippen molar-refractivity contribution in [2.24, 2.45) is 11.1 Å². The van der Waals surface area contributed by atoms with E-state index >= 15 is 0 Å². The molecule has 0 aromatic rings. The van der Waals surface area contributed by atoms with Gasteiger partial charge in [0.15, 0.2) is 0 Å². The molecule has 0 aromatic carbocycles. The van der Waals surface area contributed by atoms with E-state index in [1.807, 2.05) is 0 Å². The van der Waals surface area contributed by atoms with Crippen molar-refractivity contribution in [2.75, 3.05) is 19.7 Å². The molecule has 0 radical (unpaired) electrons. The van der Waals surface area contributed by atoms with E-state index < -0.39 is 0 Å². The minimum atomic E-state index is -0.278. The smallest absolute Gasteiger partial charge is 0.241 e. The Hall–Kier alpha value is -0.610. The van der Waals surface area contributed by atoms with Crippen LogP contribution < -0.4 is 5.73 Å². The van der Waals surface area contributed by atoms with Crippen molar-refractivity contribution in [1.29, 1.82) is 0 Å². The lowest BCUT2D eigenvalue weighted by atomic mass is 10.0. The van der Waals surface area contributed by atoms with Crippen LogP contribution in [0.2, 0.25) is 0 Å². The zero-order valence-electron chi connectivity index (χ0n) is 6.99. The second-order valence-corrected chi connectivity index (χ2v) is 3.98. The number of carbonyl (C=O) groups excluding carboxylic acids is 1. The summed E-state index contributed by atoms with van der Waals surface area (Å²) in [5, 5.41) is 9.01. The summed E-state index contributed by atoms with van der Waals surface area (Å²) in [6, 6.07) is -0.278. The summed E-state index contributed by atoms with van der Waals surface area (Å²) in [6.07, 6.45) is 2.09. The van der Waals surface area contributed by atoms with E-state index in [1.54, 1.807) is 4.90 Å². The third kappa shape index (κ3) is 1.11. The van der Waals surface area contributed by atoms with Crippen molar-refractivity contribution in [2.45, 2.75) is 18.9 Å². The van der Waals surface area contributed by atoms with Crippen LogP contribution in [-0.4, -0.2) is 41.7 Å². The van der Waals surface area contributed by atoms with Crippen LogP contribution >= 0.6 is 0 Å². The Kier molecular flexibility index (Phi) is 1.63. The molecular weight excluding hydrogens is 156 g/mol. The average molecular weight is 170 g/mol. The molecule has 1 saturated carbocycles. The molecule has 0 spiro atoms. The molecule has 1 aliphatic heterocycles. The van der Waals surface area contributed by atoms with Gasteiger partial charge in [-0.15, -0.1) is 0 Å². The van der Waals surface area contributed by atoms with E-state index in [1.165, 1.54) is 0 Å². The van der Waals surface area contributed by atoms with E-state index in [4.69, 9.17) is 10.8 Å². The second kappa shape index (κ2) is 2.44. The highest BCUT2D eigenvalue weighted by atomic mass is 16.3. The quantitative estimate of drug-likeness (QED) is 0.530. The van der Waals surface area contributed by atoms with E-state index in [-0.39, 0.29) is 24.0 Å². The SMILES string of the molecule is NC1CN(CC2(CO)CC2)C1=O. The first-order valence-electron chi connectivity index (χ1n) is 4.32. The molecule has 1 saturated heterocycles. The molecule has 1 amide bonds. The summed E-state index contributed by atoms with van der Waals surface area (Å²) < 4.78 is 0. The Balaban J connectivity index is 1.85. The van der Waals surface area contributed by atoms with Crippen LogP contribution in [0.5, 0.6) is 0 Å². The number of β-lactam (4-membered cyclic amide) rings is 1. The topological polar surface area (TPSA) is 66.6 Å². The van der Waals surface area contributed by atoms with Gasteiger partial charge in [0.05, 0.1) is 6.61 Å². The molecule has 4 heteroatoms. The van der Waals surface area contributed by atoms with Crippen LogP contribution in [0.4, 0.5) is 0 Å². The zero-order valence-corrected chi connectivity index (χ0v) is 6.99. The molecule has 1 unspecified atom stereocenters. The van der Waals surface area contributed by atoms with Crippen molar-refractivity contribution in [3.05, 3.63) is 0 Å². The van der Waals surface area contributed by atoms with Gasteiger partial charge in [0.2, 0.25) is 5.91 Å². The number of aliphatic hydroxyl groups excluding tert-OH is 1. The Bertz CT molecular complexity index is 213. The van der Waals surface area contributed by atoms with Crippen LogP contribution in [0.25, 0.3) is 0 Å². The molecule has 0 aromatic heterocycles. The number of carbonyl (C=O) groups is 1. The van der Waals surface area contributed by atoms with Gasteiger partial charge in [-0.3, -0.25) is 4.79 Å². The second-order valence-electron chi connectivity index (χ2n) is 3.98. The summed E-state index contributed by atoms with van der Waals surface area (Å²) in [7, 11) is 0. The number of hydrogen-bond acceptors (Lipinski definition) is 3. The van der Waals surface area contributed by atoms with Crippen molar-refractivity contribution in [1.82, 2.24) is 4.90 Å². The first-order valence-corrected chi connectivity index (χ1v) is 4.32. The number of likely N-dealkylation sites (tertiary alicyclic amines) is 1. The number of amides is 1. The number of hydrogen-bond donors (Lipinski definition) is 2. The normalized spacial score (nSPS) is 31.7. The van der Waals surface area contributed by atoms with Gasteiger partial charge in [-0.2, -0.15) is 0 Å². The van der Waals surface area contributed by atoms with Gasteiger partial charge in [0.25, 0.3) is 0 Å². The minimum Gasteiger partial charge on any atom is -0.396 e. The first kappa shape index (κ1) is 8.01. The van der Waals surface area contributed by atoms with Crippen molar-refractivity contribution in [3.63, 3.8) is 0 Å². The maximum atomic E-state index is 11.1. The first-order chi connectivity index (χ1) is 5.67. The lowest BCUT2D eigenvalue weighted by Crippen LogP contribution is -2.62. The fourth-order valence-electron chi connectivity index (χ4n) is 1.62. The number of nitrogens with two attached hydrogens (primary N) is 1. The zero-order chi connectivity index (χ0) is 8.77. The molecule has 2 rings (SSSR count). The van der Waals surface area contributed by atoms with Crippen molar-refractivity contribution in [3.8, 4) is 0 Å². The van der Waals surface area contributed by atoms with Crippen molar-refractivity contribution < 1.29 is 9.90 Å². The lowest BCUT2D eigenvalue weighted by Gasteiger charge is -2.38. The maximum absolute atomic E-state index is 11.1. The van der Waals surface area contributed by atoms with E-state index in [0.717, 1.165) is 12.8 Å². The summed E-state index contributed by atoms with van der Waals surface area (Å²) in [6.45, 7) is 1.57. The maximum Gasteiger partial charge on any atom is 0.241 e. The highest BCUT2D eigenvalue weighted by molar-refractivity contribution is 5.87. The number of aliphatic hydroxyl groups is 1. The van der Waals surface area contributed by atoms with E-state index in [2.05, 4.69) is 0 Å². The minimum absolute atomic E-state index is 0.0368. The number of rotatable bonds is 3. The third-order valence-electron chi connectivity index (χ3n) is 2.86. The van der Waals surface area contributed by atoms with E-state index in [0.29, 0.717) is 13.1 Å². The molecule has 68 valence electrons. The molecule has 2 aliphatic rings. The predicted octanol–water partition coefficient (Wildman–Crippen LogP) is -1.07. The van der Waals surface area contributed by atoms with E-state index in [9.17, 15) is 4.79 Å². The fourth-order valence-corrected chi connectivity index (χ4v) is 1.62. The molecule has 2 fully saturated rings. The van der Waals surface area contributed by atoms with Crippen LogP contribution in [0.15, 0.2) is 0 Å². The van der Waals surface area contributed by atoms with Gasteiger partial charge < -0.3 is 15.7 Å². The molecule has 1 aliphatic carbocycles. The standard InChI is InChI=1S/C8H14N2O2/c9-6-3-10(7(6)12)4-8(5-11)1-2-8/h6,11H,1-5,9H2. The molecule has 12 heavy (non-hydrogen) atoms. The Morgan fingerprint density at radius 1 is 1.67 bits per heavy atom. The molecule has 4 nitrogen and oxygen atoms in total. The van der Waals surface area contributed by atoms with Crippen LogP contribution in [0.3, 0.4) is 0 Å². The van der Waals surface area contributed by atoms with Gasteiger partial charge in [-0.1, -0.05) is 0 Å².